The Kier molecular flexibility index (Phi) is 4.48. The van der Waals surface area contributed by atoms with E-state index >= 15 is 0 Å². The summed E-state index contributed by atoms with van der Waals surface area (Å²) in [4.78, 5) is 20.1. The van der Waals surface area contributed by atoms with Gasteiger partial charge in [0.1, 0.15) is 11.4 Å². The molecule has 2 aliphatic rings. The topological polar surface area (TPSA) is 54.5 Å². The number of rotatable bonds is 3. The number of carbonyl (C=O) groups is 1. The summed E-state index contributed by atoms with van der Waals surface area (Å²) in [7, 11) is 0. The van der Waals surface area contributed by atoms with Crippen LogP contribution in [0.25, 0.3) is 0 Å². The Morgan fingerprint density at radius 1 is 1.36 bits per heavy atom. The monoisotopic (exact) mass is 357 g/mol. The first-order chi connectivity index (χ1) is 12.2. The Balaban J connectivity index is 1.45. The molecule has 25 heavy (non-hydrogen) atoms. The molecule has 5 nitrogen and oxygen atoms in total. The number of ether oxygens (including phenoxy) is 1. The number of nitrogens with one attached hydrogen (secondary N) is 1. The molecule has 1 fully saturated rings. The predicted octanol–water partition coefficient (Wildman–Crippen LogP) is 2.96. The van der Waals surface area contributed by atoms with E-state index in [0.717, 1.165) is 44.8 Å². The van der Waals surface area contributed by atoms with E-state index in [9.17, 15) is 4.79 Å². The Bertz CT molecular complexity index is 748. The molecular weight excluding hydrogens is 334 g/mol. The van der Waals surface area contributed by atoms with Gasteiger partial charge in [0.05, 0.1) is 12.2 Å². The first-order valence-electron chi connectivity index (χ1n) is 8.92. The van der Waals surface area contributed by atoms with Crippen LogP contribution in [-0.2, 0) is 16.8 Å². The molecule has 2 aliphatic heterocycles. The number of pyridine rings is 1. The molecule has 1 spiro atoms. The number of hydrogen-bond acceptors (Lipinski definition) is 5. The molecule has 2 aromatic heterocycles. The third-order valence-electron chi connectivity index (χ3n) is 5.15. The van der Waals surface area contributed by atoms with E-state index in [2.05, 4.69) is 26.6 Å². The Hall–Kier alpha value is -1.92. The summed E-state index contributed by atoms with van der Waals surface area (Å²) in [6.45, 7) is 5.20. The SMILES string of the molecule is CCNC(=O)c1ccc(N2CCC3(CC2)OCCc2ccsc23)nc1. The minimum Gasteiger partial charge on any atom is -0.369 e. The zero-order chi connectivity index (χ0) is 17.3. The number of piperidine rings is 1. The summed E-state index contributed by atoms with van der Waals surface area (Å²) < 4.78 is 6.26. The number of anilines is 1. The van der Waals surface area contributed by atoms with Gasteiger partial charge in [-0.3, -0.25) is 4.79 Å². The molecule has 0 bridgehead atoms. The van der Waals surface area contributed by atoms with E-state index in [0.29, 0.717) is 12.1 Å². The van der Waals surface area contributed by atoms with E-state index in [1.165, 1.54) is 10.4 Å². The van der Waals surface area contributed by atoms with Crippen LogP contribution < -0.4 is 10.2 Å². The largest absolute Gasteiger partial charge is 0.369 e. The lowest BCUT2D eigenvalue weighted by molar-refractivity contribution is -0.0735. The zero-order valence-electron chi connectivity index (χ0n) is 14.5. The van der Waals surface area contributed by atoms with Crippen molar-refractivity contribution in [3.63, 3.8) is 0 Å². The number of nitrogens with zero attached hydrogens (tertiary/aromatic N) is 2. The average Bonchev–Trinajstić information content (AvgIpc) is 3.13. The van der Waals surface area contributed by atoms with Gasteiger partial charge in [-0.1, -0.05) is 0 Å². The van der Waals surface area contributed by atoms with Crippen LogP contribution in [0.3, 0.4) is 0 Å². The minimum atomic E-state index is -0.0980. The fourth-order valence-electron chi connectivity index (χ4n) is 3.79. The average molecular weight is 357 g/mol. The van der Waals surface area contributed by atoms with Gasteiger partial charge < -0.3 is 15.0 Å². The van der Waals surface area contributed by atoms with Gasteiger partial charge in [0.2, 0.25) is 0 Å². The number of aromatic nitrogens is 1. The molecule has 0 radical (unpaired) electrons. The van der Waals surface area contributed by atoms with Crippen molar-refractivity contribution in [3.8, 4) is 0 Å². The highest BCUT2D eigenvalue weighted by atomic mass is 32.1. The molecule has 0 aromatic carbocycles. The number of fused-ring (bicyclic) bond motifs is 2. The van der Waals surface area contributed by atoms with E-state index in [1.807, 2.05) is 30.4 Å². The van der Waals surface area contributed by atoms with Gasteiger partial charge in [0.25, 0.3) is 5.91 Å². The van der Waals surface area contributed by atoms with Gasteiger partial charge in [-0.05, 0) is 55.3 Å². The number of carbonyl (C=O) groups excluding carboxylic acids is 1. The normalized spacial score (nSPS) is 18.8. The highest BCUT2D eigenvalue weighted by molar-refractivity contribution is 7.10. The standard InChI is InChI=1S/C19H23N3O2S/c1-2-20-18(23)15-3-4-16(21-13-15)22-9-7-19(8-10-22)17-14(5-11-24-19)6-12-25-17/h3-4,6,12-13H,2,5,7-11H2,1H3,(H,20,23). The van der Waals surface area contributed by atoms with Gasteiger partial charge in [-0.25, -0.2) is 4.98 Å². The lowest BCUT2D eigenvalue weighted by Crippen LogP contribution is -2.46. The summed E-state index contributed by atoms with van der Waals surface area (Å²) in [5, 5.41) is 4.99. The van der Waals surface area contributed by atoms with Crippen LogP contribution in [0.1, 0.15) is 40.6 Å². The molecule has 1 amide bonds. The van der Waals surface area contributed by atoms with Crippen LogP contribution in [-0.4, -0.2) is 37.1 Å². The molecule has 1 saturated heterocycles. The maximum atomic E-state index is 11.8. The minimum absolute atomic E-state index is 0.0695. The highest BCUT2D eigenvalue weighted by Gasteiger charge is 2.41. The summed E-state index contributed by atoms with van der Waals surface area (Å²) >= 11 is 1.83. The van der Waals surface area contributed by atoms with Crippen molar-refractivity contribution < 1.29 is 9.53 Å². The van der Waals surface area contributed by atoms with E-state index < -0.39 is 0 Å². The second kappa shape index (κ2) is 6.77. The summed E-state index contributed by atoms with van der Waals surface area (Å²) in [6.07, 6.45) is 4.67. The molecule has 0 atom stereocenters. The lowest BCUT2D eigenvalue weighted by atomic mass is 9.85. The fraction of sp³-hybridized carbons (Fsp3) is 0.474. The molecule has 2 aromatic rings. The lowest BCUT2D eigenvalue weighted by Gasteiger charge is -2.44. The van der Waals surface area contributed by atoms with E-state index in [1.54, 1.807) is 6.20 Å². The van der Waals surface area contributed by atoms with Gasteiger partial charge in [-0.2, -0.15) is 0 Å². The molecule has 6 heteroatoms. The second-order valence-electron chi connectivity index (χ2n) is 6.62. The molecule has 1 N–H and O–H groups in total. The first-order valence-corrected chi connectivity index (χ1v) is 9.80. The van der Waals surface area contributed by atoms with E-state index in [4.69, 9.17) is 4.74 Å². The number of hydrogen-bond donors (Lipinski definition) is 1. The third kappa shape index (κ3) is 3.04. The maximum absolute atomic E-state index is 11.8. The van der Waals surface area contributed by atoms with Crippen LogP contribution in [0, 0.1) is 0 Å². The third-order valence-corrected chi connectivity index (χ3v) is 6.29. The highest BCUT2D eigenvalue weighted by Crippen LogP contribution is 2.44. The number of thiophene rings is 1. The fourth-order valence-corrected chi connectivity index (χ4v) is 4.96. The molecule has 0 unspecified atom stereocenters. The zero-order valence-corrected chi connectivity index (χ0v) is 15.3. The maximum Gasteiger partial charge on any atom is 0.252 e. The van der Waals surface area contributed by atoms with Gasteiger partial charge in [-0.15, -0.1) is 11.3 Å². The predicted molar refractivity (Wildman–Crippen MR) is 99.3 cm³/mol. The van der Waals surface area contributed by atoms with Crippen molar-refractivity contribution in [1.29, 1.82) is 0 Å². The number of amides is 1. The second-order valence-corrected chi connectivity index (χ2v) is 7.54. The van der Waals surface area contributed by atoms with Crippen LogP contribution in [0.2, 0.25) is 0 Å². The van der Waals surface area contributed by atoms with Crippen molar-refractivity contribution in [3.05, 3.63) is 45.8 Å². The molecule has 0 saturated carbocycles. The Labute approximate surface area is 152 Å². The summed E-state index contributed by atoms with van der Waals surface area (Å²) in [5.74, 6) is 0.866. The molecule has 0 aliphatic carbocycles. The van der Waals surface area contributed by atoms with Crippen LogP contribution in [0.4, 0.5) is 5.82 Å². The summed E-state index contributed by atoms with van der Waals surface area (Å²) in [5.41, 5.74) is 1.98. The quantitative estimate of drug-likeness (QED) is 0.918. The van der Waals surface area contributed by atoms with Crippen molar-refractivity contribution in [1.82, 2.24) is 10.3 Å². The van der Waals surface area contributed by atoms with Crippen molar-refractivity contribution >= 4 is 23.1 Å². The van der Waals surface area contributed by atoms with Crippen molar-refractivity contribution in [2.75, 3.05) is 31.1 Å². The van der Waals surface area contributed by atoms with Gasteiger partial charge >= 0.3 is 0 Å². The first kappa shape index (κ1) is 16.5. The molecule has 4 rings (SSSR count). The van der Waals surface area contributed by atoms with Crippen LogP contribution in [0.15, 0.2) is 29.8 Å². The molecule has 132 valence electrons. The summed E-state index contributed by atoms with van der Waals surface area (Å²) in [6, 6.07) is 6.05. The van der Waals surface area contributed by atoms with Crippen molar-refractivity contribution in [2.45, 2.75) is 31.8 Å². The van der Waals surface area contributed by atoms with E-state index in [-0.39, 0.29) is 11.5 Å². The smallest absolute Gasteiger partial charge is 0.252 e. The molecular formula is C19H23N3O2S. The Morgan fingerprint density at radius 2 is 2.20 bits per heavy atom. The molecule has 4 heterocycles. The van der Waals surface area contributed by atoms with Gasteiger partial charge in [0.15, 0.2) is 0 Å². The van der Waals surface area contributed by atoms with Crippen LogP contribution in [0.5, 0.6) is 0 Å². The Morgan fingerprint density at radius 3 is 2.92 bits per heavy atom. The van der Waals surface area contributed by atoms with Crippen LogP contribution >= 0.6 is 11.3 Å². The van der Waals surface area contributed by atoms with Crippen molar-refractivity contribution in [2.24, 2.45) is 0 Å². The van der Waals surface area contributed by atoms with Gasteiger partial charge in [0, 0.05) is 30.7 Å².